The summed E-state index contributed by atoms with van der Waals surface area (Å²) < 4.78 is 5.21. The number of amides is 1. The van der Waals surface area contributed by atoms with Gasteiger partial charge in [-0.05, 0) is 30.4 Å². The molecule has 1 fully saturated rings. The number of hydrogen-bond donors (Lipinski definition) is 2. The molecule has 1 saturated carbocycles. The van der Waals surface area contributed by atoms with E-state index in [2.05, 4.69) is 5.32 Å². The van der Waals surface area contributed by atoms with Crippen molar-refractivity contribution >= 4 is 17.7 Å². The van der Waals surface area contributed by atoms with E-state index in [0.29, 0.717) is 5.75 Å². The van der Waals surface area contributed by atoms with Crippen LogP contribution in [0, 0.1) is 5.41 Å². The van der Waals surface area contributed by atoms with E-state index in [1.165, 1.54) is 11.8 Å². The van der Waals surface area contributed by atoms with Crippen molar-refractivity contribution in [2.45, 2.75) is 38.0 Å². The van der Waals surface area contributed by atoms with Gasteiger partial charge in [-0.2, -0.15) is 0 Å². The van der Waals surface area contributed by atoms with Crippen LogP contribution in [-0.2, 0) is 10.5 Å². The van der Waals surface area contributed by atoms with Gasteiger partial charge < -0.3 is 14.8 Å². The molecule has 0 aromatic carbocycles. The number of hydrogen-bond acceptors (Lipinski definition) is 4. The average molecular weight is 295 g/mol. The van der Waals surface area contributed by atoms with Gasteiger partial charge in [0.25, 0.3) is 0 Å². The van der Waals surface area contributed by atoms with Crippen molar-refractivity contribution in [2.75, 3.05) is 6.61 Å². The molecule has 1 heterocycles. The van der Waals surface area contributed by atoms with Crippen LogP contribution in [0.2, 0.25) is 0 Å². The molecule has 2 unspecified atom stereocenters. The van der Waals surface area contributed by atoms with Crippen LogP contribution in [0.5, 0.6) is 0 Å². The highest BCUT2D eigenvalue weighted by Gasteiger charge is 2.38. The Morgan fingerprint density at radius 3 is 3.25 bits per heavy atom. The molecule has 20 heavy (non-hydrogen) atoms. The Morgan fingerprint density at radius 1 is 1.70 bits per heavy atom. The molecule has 1 aliphatic carbocycles. The lowest BCUT2D eigenvalue weighted by Crippen LogP contribution is -2.44. The standard InChI is InChI=1S/C15H21NO3S/c1-15(11-17)7-2-5-13(15)16-14(18)6-9-20-10-12-4-3-8-19-12/h3-4,6,8-9,13,17H,2,5,7,10-11H2,1H3,(H,16,18)/b9-6+. The summed E-state index contributed by atoms with van der Waals surface area (Å²) in [5.74, 6) is 1.52. The summed E-state index contributed by atoms with van der Waals surface area (Å²) in [6.07, 6.45) is 6.15. The third kappa shape index (κ3) is 3.90. The van der Waals surface area contributed by atoms with E-state index in [0.717, 1.165) is 25.0 Å². The average Bonchev–Trinajstić information content (AvgIpc) is 3.06. The fourth-order valence-corrected chi connectivity index (χ4v) is 3.17. The van der Waals surface area contributed by atoms with Gasteiger partial charge in [0.1, 0.15) is 5.76 Å². The SMILES string of the molecule is CC1(CO)CCCC1NC(=O)/C=C/SCc1ccco1. The molecule has 1 aliphatic rings. The third-order valence-electron chi connectivity index (χ3n) is 3.88. The number of thioether (sulfide) groups is 1. The molecule has 0 bridgehead atoms. The van der Waals surface area contributed by atoms with Crippen LogP contribution < -0.4 is 5.32 Å². The summed E-state index contributed by atoms with van der Waals surface area (Å²) >= 11 is 1.52. The molecule has 0 aliphatic heterocycles. The Balaban J connectivity index is 1.74. The van der Waals surface area contributed by atoms with Crippen LogP contribution in [0.25, 0.3) is 0 Å². The van der Waals surface area contributed by atoms with E-state index in [1.807, 2.05) is 19.1 Å². The highest BCUT2D eigenvalue weighted by Crippen LogP contribution is 2.37. The zero-order valence-corrected chi connectivity index (χ0v) is 12.5. The highest BCUT2D eigenvalue weighted by molar-refractivity contribution is 8.01. The fraction of sp³-hybridized carbons (Fsp3) is 0.533. The van der Waals surface area contributed by atoms with Crippen LogP contribution in [0.3, 0.4) is 0 Å². The van der Waals surface area contributed by atoms with Crippen molar-refractivity contribution in [1.29, 1.82) is 0 Å². The normalized spacial score (nSPS) is 26.2. The number of carbonyl (C=O) groups is 1. The maximum absolute atomic E-state index is 11.8. The van der Waals surface area contributed by atoms with E-state index >= 15 is 0 Å². The molecule has 1 aromatic heterocycles. The second-order valence-electron chi connectivity index (χ2n) is 5.46. The second-order valence-corrected chi connectivity index (χ2v) is 6.35. The summed E-state index contributed by atoms with van der Waals surface area (Å²) in [7, 11) is 0. The van der Waals surface area contributed by atoms with Crippen molar-refractivity contribution in [3.05, 3.63) is 35.6 Å². The maximum Gasteiger partial charge on any atom is 0.244 e. The summed E-state index contributed by atoms with van der Waals surface area (Å²) in [5, 5.41) is 14.2. The Morgan fingerprint density at radius 2 is 2.55 bits per heavy atom. The van der Waals surface area contributed by atoms with Crippen LogP contribution in [0.4, 0.5) is 0 Å². The molecule has 1 amide bonds. The lowest BCUT2D eigenvalue weighted by molar-refractivity contribution is -0.118. The van der Waals surface area contributed by atoms with Crippen LogP contribution in [0.15, 0.2) is 34.3 Å². The maximum atomic E-state index is 11.8. The van der Waals surface area contributed by atoms with Gasteiger partial charge in [0.05, 0.1) is 18.6 Å². The van der Waals surface area contributed by atoms with Gasteiger partial charge in [-0.3, -0.25) is 4.79 Å². The largest absolute Gasteiger partial charge is 0.468 e. The minimum atomic E-state index is -0.176. The monoisotopic (exact) mass is 295 g/mol. The number of carbonyl (C=O) groups excluding carboxylic acids is 1. The number of furan rings is 1. The highest BCUT2D eigenvalue weighted by atomic mass is 32.2. The molecule has 110 valence electrons. The van der Waals surface area contributed by atoms with Gasteiger partial charge in [0.15, 0.2) is 0 Å². The number of nitrogens with one attached hydrogen (secondary N) is 1. The smallest absolute Gasteiger partial charge is 0.244 e. The van der Waals surface area contributed by atoms with Crippen molar-refractivity contribution in [3.8, 4) is 0 Å². The van der Waals surface area contributed by atoms with Gasteiger partial charge in [-0.25, -0.2) is 0 Å². The predicted octanol–water partition coefficient (Wildman–Crippen LogP) is 2.69. The van der Waals surface area contributed by atoms with Gasteiger partial charge in [-0.15, -0.1) is 11.8 Å². The molecular formula is C15H21NO3S. The first kappa shape index (κ1) is 15.2. The zero-order valence-electron chi connectivity index (χ0n) is 11.7. The van der Waals surface area contributed by atoms with E-state index in [-0.39, 0.29) is 24.0 Å². The lowest BCUT2D eigenvalue weighted by Gasteiger charge is -2.29. The second kappa shape index (κ2) is 6.99. The summed E-state index contributed by atoms with van der Waals surface area (Å²) in [5.41, 5.74) is -0.176. The van der Waals surface area contributed by atoms with Gasteiger partial charge in [-0.1, -0.05) is 13.3 Å². The van der Waals surface area contributed by atoms with Crippen molar-refractivity contribution in [1.82, 2.24) is 5.32 Å². The summed E-state index contributed by atoms with van der Waals surface area (Å²) in [6.45, 7) is 2.15. The molecule has 2 N–H and O–H groups in total. The predicted molar refractivity (Wildman–Crippen MR) is 80.1 cm³/mol. The number of aliphatic hydroxyl groups excluding tert-OH is 1. The van der Waals surface area contributed by atoms with Crippen molar-refractivity contribution in [3.63, 3.8) is 0 Å². The molecule has 0 saturated heterocycles. The minimum Gasteiger partial charge on any atom is -0.468 e. The van der Waals surface area contributed by atoms with E-state index in [1.54, 1.807) is 17.7 Å². The topological polar surface area (TPSA) is 62.5 Å². The Bertz CT molecular complexity index is 458. The molecule has 0 spiro atoms. The summed E-state index contributed by atoms with van der Waals surface area (Å²) in [4.78, 5) is 11.8. The van der Waals surface area contributed by atoms with Crippen LogP contribution >= 0.6 is 11.8 Å². The Hall–Kier alpha value is -1.20. The number of aliphatic hydroxyl groups is 1. The molecular weight excluding hydrogens is 274 g/mol. The molecule has 0 radical (unpaired) electrons. The quantitative estimate of drug-likeness (QED) is 0.792. The first-order valence-electron chi connectivity index (χ1n) is 6.86. The zero-order chi connectivity index (χ0) is 14.4. The molecule has 1 aromatic rings. The lowest BCUT2D eigenvalue weighted by atomic mass is 9.86. The Kier molecular flexibility index (Phi) is 5.31. The number of rotatable bonds is 6. The van der Waals surface area contributed by atoms with E-state index in [9.17, 15) is 9.90 Å². The summed E-state index contributed by atoms with van der Waals surface area (Å²) in [6, 6.07) is 3.83. The fourth-order valence-electron chi connectivity index (χ4n) is 2.52. The van der Waals surface area contributed by atoms with Crippen LogP contribution in [0.1, 0.15) is 31.9 Å². The molecule has 2 atom stereocenters. The molecule has 4 nitrogen and oxygen atoms in total. The first-order chi connectivity index (χ1) is 9.64. The van der Waals surface area contributed by atoms with Gasteiger partial charge in [0, 0.05) is 17.5 Å². The van der Waals surface area contributed by atoms with Crippen LogP contribution in [-0.4, -0.2) is 23.7 Å². The van der Waals surface area contributed by atoms with Gasteiger partial charge in [0.2, 0.25) is 5.91 Å². The van der Waals surface area contributed by atoms with Gasteiger partial charge >= 0.3 is 0 Å². The first-order valence-corrected chi connectivity index (χ1v) is 7.91. The molecule has 5 heteroatoms. The molecule has 2 rings (SSSR count). The third-order valence-corrected chi connectivity index (χ3v) is 4.66. The minimum absolute atomic E-state index is 0.0692. The Labute approximate surface area is 123 Å². The van der Waals surface area contributed by atoms with E-state index in [4.69, 9.17) is 4.42 Å². The van der Waals surface area contributed by atoms with E-state index < -0.39 is 0 Å². The van der Waals surface area contributed by atoms with Crippen molar-refractivity contribution < 1.29 is 14.3 Å². The van der Waals surface area contributed by atoms with Crippen molar-refractivity contribution in [2.24, 2.45) is 5.41 Å².